The molecule has 27 heavy (non-hydrogen) atoms. The van der Waals surface area contributed by atoms with Gasteiger partial charge in [0.05, 0.1) is 6.42 Å². The van der Waals surface area contributed by atoms with Crippen LogP contribution in [-0.2, 0) is 14.3 Å². The number of nitrogens with one attached hydrogen (secondary N) is 1. The largest absolute Gasteiger partial charge is 0.456 e. The fourth-order valence-corrected chi connectivity index (χ4v) is 2.38. The number of anilines is 1. The normalized spacial score (nSPS) is 10.4. The second-order valence-electron chi connectivity index (χ2n) is 6.08. The molecule has 0 heterocycles. The number of esters is 1. The molecule has 0 saturated heterocycles. The molecule has 1 N–H and O–H groups in total. The van der Waals surface area contributed by atoms with E-state index in [0.29, 0.717) is 5.56 Å². The van der Waals surface area contributed by atoms with Crippen LogP contribution in [0.1, 0.15) is 34.3 Å². The molecule has 0 aliphatic carbocycles. The highest BCUT2D eigenvalue weighted by Gasteiger charge is 2.14. The molecule has 7 heteroatoms. The molecule has 2 aromatic rings. The van der Waals surface area contributed by atoms with Crippen LogP contribution in [0.15, 0.2) is 36.4 Å². The first-order valence-electron chi connectivity index (χ1n) is 8.27. The van der Waals surface area contributed by atoms with Crippen LogP contribution in [0.2, 0.25) is 0 Å². The summed E-state index contributed by atoms with van der Waals surface area (Å²) in [5.74, 6) is -3.72. The standard InChI is InChI=1S/C20H19F2NO4/c1-12-3-4-13(2)15(9-12)18(24)7-8-20(26)27-11-19(25)23-14-5-6-16(21)17(22)10-14/h3-6,9-10H,7-8,11H2,1-2H3,(H,23,25). The average Bonchev–Trinajstić information content (AvgIpc) is 2.63. The van der Waals surface area contributed by atoms with Crippen molar-refractivity contribution in [2.75, 3.05) is 11.9 Å². The van der Waals surface area contributed by atoms with Gasteiger partial charge in [0.1, 0.15) is 0 Å². The van der Waals surface area contributed by atoms with Crippen molar-refractivity contribution >= 4 is 23.3 Å². The van der Waals surface area contributed by atoms with Crippen LogP contribution in [0.5, 0.6) is 0 Å². The van der Waals surface area contributed by atoms with Crippen molar-refractivity contribution in [3.05, 3.63) is 64.7 Å². The topological polar surface area (TPSA) is 72.5 Å². The van der Waals surface area contributed by atoms with Crippen LogP contribution >= 0.6 is 0 Å². The molecular formula is C20H19F2NO4. The molecule has 0 unspecified atom stereocenters. The number of rotatable bonds is 7. The van der Waals surface area contributed by atoms with Gasteiger partial charge in [-0.05, 0) is 37.6 Å². The Kier molecular flexibility index (Phi) is 6.76. The molecule has 5 nitrogen and oxygen atoms in total. The zero-order valence-electron chi connectivity index (χ0n) is 15.0. The minimum atomic E-state index is -1.10. The van der Waals surface area contributed by atoms with Gasteiger partial charge in [0, 0.05) is 23.7 Å². The number of carbonyl (C=O) groups excluding carboxylic acids is 3. The summed E-state index contributed by atoms with van der Waals surface area (Å²) in [6, 6.07) is 8.36. The molecule has 0 spiro atoms. The van der Waals surface area contributed by atoms with Crippen molar-refractivity contribution in [3.63, 3.8) is 0 Å². The number of carbonyl (C=O) groups is 3. The molecule has 0 bridgehead atoms. The molecule has 2 aromatic carbocycles. The molecule has 0 fully saturated rings. The summed E-state index contributed by atoms with van der Waals surface area (Å²) in [4.78, 5) is 35.6. The van der Waals surface area contributed by atoms with Gasteiger partial charge in [0.2, 0.25) is 0 Å². The number of halogens is 2. The van der Waals surface area contributed by atoms with Gasteiger partial charge in [-0.3, -0.25) is 14.4 Å². The SMILES string of the molecule is Cc1ccc(C)c(C(=O)CCC(=O)OCC(=O)Nc2ccc(F)c(F)c2)c1. The number of hydrogen-bond donors (Lipinski definition) is 1. The number of benzene rings is 2. The maximum atomic E-state index is 13.1. The Hall–Kier alpha value is -3.09. The van der Waals surface area contributed by atoms with Gasteiger partial charge < -0.3 is 10.1 Å². The van der Waals surface area contributed by atoms with Crippen molar-refractivity contribution in [1.82, 2.24) is 0 Å². The van der Waals surface area contributed by atoms with Gasteiger partial charge in [0.15, 0.2) is 24.0 Å². The van der Waals surface area contributed by atoms with Gasteiger partial charge in [0.25, 0.3) is 5.91 Å². The number of ether oxygens (including phenoxy) is 1. The van der Waals surface area contributed by atoms with Crippen LogP contribution < -0.4 is 5.32 Å². The van der Waals surface area contributed by atoms with E-state index >= 15 is 0 Å². The van der Waals surface area contributed by atoms with Crippen molar-refractivity contribution in [1.29, 1.82) is 0 Å². The van der Waals surface area contributed by atoms with E-state index in [0.717, 1.165) is 23.3 Å². The first-order chi connectivity index (χ1) is 12.8. The van der Waals surface area contributed by atoms with Crippen molar-refractivity contribution < 1.29 is 27.9 Å². The third kappa shape index (κ3) is 5.99. The minimum Gasteiger partial charge on any atom is -0.456 e. The van der Waals surface area contributed by atoms with Crippen LogP contribution in [0.3, 0.4) is 0 Å². The lowest BCUT2D eigenvalue weighted by atomic mass is 9.99. The lowest BCUT2D eigenvalue weighted by Gasteiger charge is -2.08. The number of aryl methyl sites for hydroxylation is 2. The third-order valence-electron chi connectivity index (χ3n) is 3.82. The van der Waals surface area contributed by atoms with E-state index in [1.807, 2.05) is 26.0 Å². The first kappa shape index (κ1) is 20.2. The van der Waals surface area contributed by atoms with E-state index in [2.05, 4.69) is 5.32 Å². The molecule has 0 aromatic heterocycles. The molecule has 1 amide bonds. The third-order valence-corrected chi connectivity index (χ3v) is 3.82. The second kappa shape index (κ2) is 9.02. The van der Waals surface area contributed by atoms with E-state index in [-0.39, 0.29) is 24.3 Å². The maximum Gasteiger partial charge on any atom is 0.306 e. The summed E-state index contributed by atoms with van der Waals surface area (Å²) in [5, 5.41) is 2.28. The quantitative estimate of drug-likeness (QED) is 0.591. The monoisotopic (exact) mass is 375 g/mol. The Balaban J connectivity index is 1.78. The Morgan fingerprint density at radius 3 is 2.41 bits per heavy atom. The fourth-order valence-electron chi connectivity index (χ4n) is 2.38. The second-order valence-corrected chi connectivity index (χ2v) is 6.08. The molecule has 2 rings (SSSR count). The summed E-state index contributed by atoms with van der Waals surface area (Å²) >= 11 is 0. The predicted octanol–water partition coefficient (Wildman–Crippen LogP) is 3.73. The molecule has 0 aliphatic rings. The highest BCUT2D eigenvalue weighted by molar-refractivity contribution is 5.99. The molecule has 0 aliphatic heterocycles. The highest BCUT2D eigenvalue weighted by Crippen LogP contribution is 2.15. The Labute approximate surface area is 155 Å². The van der Waals surface area contributed by atoms with Crippen molar-refractivity contribution in [2.24, 2.45) is 0 Å². The van der Waals surface area contributed by atoms with Crippen LogP contribution in [0.4, 0.5) is 14.5 Å². The number of amides is 1. The van der Waals surface area contributed by atoms with E-state index in [1.54, 1.807) is 6.07 Å². The zero-order chi connectivity index (χ0) is 20.0. The van der Waals surface area contributed by atoms with Gasteiger partial charge in [-0.25, -0.2) is 8.78 Å². The fraction of sp³-hybridized carbons (Fsp3) is 0.250. The van der Waals surface area contributed by atoms with Crippen molar-refractivity contribution in [2.45, 2.75) is 26.7 Å². The summed E-state index contributed by atoms with van der Waals surface area (Å²) in [5.41, 5.74) is 2.37. The molecule has 0 saturated carbocycles. The molecular weight excluding hydrogens is 356 g/mol. The Morgan fingerprint density at radius 1 is 0.963 bits per heavy atom. The average molecular weight is 375 g/mol. The van der Waals surface area contributed by atoms with Crippen LogP contribution in [0, 0.1) is 25.5 Å². The van der Waals surface area contributed by atoms with E-state index in [4.69, 9.17) is 4.74 Å². The predicted molar refractivity (Wildman–Crippen MR) is 95.4 cm³/mol. The van der Waals surface area contributed by atoms with Crippen molar-refractivity contribution in [3.8, 4) is 0 Å². The number of ketones is 1. The smallest absolute Gasteiger partial charge is 0.306 e. The van der Waals surface area contributed by atoms with E-state index in [1.165, 1.54) is 6.07 Å². The Bertz CT molecular complexity index is 880. The van der Waals surface area contributed by atoms with E-state index in [9.17, 15) is 23.2 Å². The molecule has 0 atom stereocenters. The lowest BCUT2D eigenvalue weighted by Crippen LogP contribution is -2.21. The molecule has 0 radical (unpaired) electrons. The number of hydrogen-bond acceptors (Lipinski definition) is 4. The summed E-state index contributed by atoms with van der Waals surface area (Å²) in [7, 11) is 0. The highest BCUT2D eigenvalue weighted by atomic mass is 19.2. The van der Waals surface area contributed by atoms with Crippen LogP contribution in [-0.4, -0.2) is 24.3 Å². The van der Waals surface area contributed by atoms with Gasteiger partial charge in [-0.2, -0.15) is 0 Å². The zero-order valence-corrected chi connectivity index (χ0v) is 15.0. The Morgan fingerprint density at radius 2 is 1.70 bits per heavy atom. The van der Waals surface area contributed by atoms with Gasteiger partial charge >= 0.3 is 5.97 Å². The van der Waals surface area contributed by atoms with Gasteiger partial charge in [-0.15, -0.1) is 0 Å². The van der Waals surface area contributed by atoms with Crippen LogP contribution in [0.25, 0.3) is 0 Å². The minimum absolute atomic E-state index is 0.0338. The maximum absolute atomic E-state index is 13.1. The number of Topliss-reactive ketones (excluding diaryl/α,β-unsaturated/α-hetero) is 1. The summed E-state index contributed by atoms with van der Waals surface area (Å²) in [6.07, 6.45) is -0.196. The van der Waals surface area contributed by atoms with E-state index < -0.39 is 30.1 Å². The van der Waals surface area contributed by atoms with Gasteiger partial charge in [-0.1, -0.05) is 17.7 Å². The molecule has 142 valence electrons. The summed E-state index contributed by atoms with van der Waals surface area (Å²) in [6.45, 7) is 3.10. The first-order valence-corrected chi connectivity index (χ1v) is 8.27. The lowest BCUT2D eigenvalue weighted by molar-refractivity contribution is -0.147. The summed E-state index contributed by atoms with van der Waals surface area (Å²) < 4.78 is 30.7.